The lowest BCUT2D eigenvalue weighted by atomic mass is 10.3. The minimum atomic E-state index is -0.414. The SMILES string of the molecule is COc1ccc(-n2nnc3c(SCC(=O)Nc4cccc(F)c4)ncnc32)cc1. The molecule has 0 atom stereocenters. The van der Waals surface area contributed by atoms with E-state index in [1.807, 2.05) is 24.3 Å². The molecule has 0 bridgehead atoms. The molecule has 4 aromatic rings. The van der Waals surface area contributed by atoms with Crippen LogP contribution in [0.25, 0.3) is 16.9 Å². The fraction of sp³-hybridized carbons (Fsp3) is 0.105. The first-order valence-corrected chi connectivity index (χ1v) is 9.51. The lowest BCUT2D eigenvalue weighted by molar-refractivity contribution is -0.113. The number of hydrogen-bond acceptors (Lipinski definition) is 7. The first-order valence-electron chi connectivity index (χ1n) is 8.53. The molecule has 0 spiro atoms. The van der Waals surface area contributed by atoms with Crippen molar-refractivity contribution in [2.24, 2.45) is 0 Å². The largest absolute Gasteiger partial charge is 0.497 e. The quantitative estimate of drug-likeness (QED) is 0.385. The summed E-state index contributed by atoms with van der Waals surface area (Å²) < 4.78 is 20.0. The zero-order valence-electron chi connectivity index (χ0n) is 15.2. The number of hydrogen-bond donors (Lipinski definition) is 1. The highest BCUT2D eigenvalue weighted by atomic mass is 32.2. The summed E-state index contributed by atoms with van der Waals surface area (Å²) in [4.78, 5) is 20.6. The minimum Gasteiger partial charge on any atom is -0.497 e. The van der Waals surface area contributed by atoms with Crippen molar-refractivity contribution in [2.75, 3.05) is 18.2 Å². The number of aromatic nitrogens is 5. The van der Waals surface area contributed by atoms with Gasteiger partial charge in [-0.3, -0.25) is 4.79 Å². The van der Waals surface area contributed by atoms with Crippen molar-refractivity contribution in [3.63, 3.8) is 0 Å². The number of thioether (sulfide) groups is 1. The average Bonchev–Trinajstić information content (AvgIpc) is 3.17. The maximum atomic E-state index is 13.2. The molecule has 0 radical (unpaired) electrons. The normalized spacial score (nSPS) is 10.8. The number of halogens is 1. The van der Waals surface area contributed by atoms with Crippen LogP contribution in [0.4, 0.5) is 10.1 Å². The van der Waals surface area contributed by atoms with Crippen LogP contribution < -0.4 is 10.1 Å². The number of methoxy groups -OCH3 is 1. The number of nitrogens with one attached hydrogen (secondary N) is 1. The van der Waals surface area contributed by atoms with Crippen molar-refractivity contribution >= 4 is 34.5 Å². The van der Waals surface area contributed by atoms with E-state index in [4.69, 9.17) is 4.74 Å². The van der Waals surface area contributed by atoms with Crippen molar-refractivity contribution in [1.82, 2.24) is 25.0 Å². The summed E-state index contributed by atoms with van der Waals surface area (Å²) in [7, 11) is 1.60. The Morgan fingerprint density at radius 2 is 2.03 bits per heavy atom. The Kier molecular flexibility index (Phi) is 5.34. The van der Waals surface area contributed by atoms with Crippen LogP contribution in [0.2, 0.25) is 0 Å². The van der Waals surface area contributed by atoms with Gasteiger partial charge in [-0.2, -0.15) is 4.68 Å². The van der Waals surface area contributed by atoms with Crippen LogP contribution in [0.1, 0.15) is 0 Å². The molecule has 1 amide bonds. The zero-order valence-corrected chi connectivity index (χ0v) is 16.1. The van der Waals surface area contributed by atoms with E-state index in [0.717, 1.165) is 11.4 Å². The van der Waals surface area contributed by atoms with Crippen LogP contribution in [-0.2, 0) is 4.79 Å². The van der Waals surface area contributed by atoms with E-state index < -0.39 is 5.82 Å². The van der Waals surface area contributed by atoms with Crippen molar-refractivity contribution in [3.05, 3.63) is 60.7 Å². The van der Waals surface area contributed by atoms with Gasteiger partial charge < -0.3 is 10.1 Å². The highest BCUT2D eigenvalue weighted by molar-refractivity contribution is 8.00. The van der Waals surface area contributed by atoms with Crippen molar-refractivity contribution < 1.29 is 13.9 Å². The van der Waals surface area contributed by atoms with E-state index >= 15 is 0 Å². The summed E-state index contributed by atoms with van der Waals surface area (Å²) in [5.41, 5.74) is 2.19. The van der Waals surface area contributed by atoms with Gasteiger partial charge in [0, 0.05) is 5.69 Å². The van der Waals surface area contributed by atoms with Crippen LogP contribution in [0.3, 0.4) is 0 Å². The van der Waals surface area contributed by atoms with E-state index in [2.05, 4.69) is 25.6 Å². The molecule has 2 heterocycles. The van der Waals surface area contributed by atoms with Crippen molar-refractivity contribution in [3.8, 4) is 11.4 Å². The standard InChI is InChI=1S/C19H15FN6O2S/c1-28-15-7-5-14(6-8-15)26-18-17(24-25-26)19(22-11-21-18)29-10-16(27)23-13-4-2-3-12(20)9-13/h2-9,11H,10H2,1H3,(H,23,27). The molecule has 2 aromatic carbocycles. The summed E-state index contributed by atoms with van der Waals surface area (Å²) in [5.74, 6) is 0.115. The van der Waals surface area contributed by atoms with Crippen molar-refractivity contribution in [2.45, 2.75) is 5.03 Å². The third kappa shape index (κ3) is 4.16. The van der Waals surface area contributed by atoms with Gasteiger partial charge in [0.2, 0.25) is 5.91 Å². The Labute approximate surface area is 169 Å². The Hall–Kier alpha value is -3.53. The third-order valence-corrected chi connectivity index (χ3v) is 4.95. The van der Waals surface area contributed by atoms with E-state index in [0.29, 0.717) is 21.9 Å². The second-order valence-electron chi connectivity index (χ2n) is 5.90. The minimum absolute atomic E-state index is 0.0814. The maximum Gasteiger partial charge on any atom is 0.234 e. The molecule has 0 saturated heterocycles. The fourth-order valence-corrected chi connectivity index (χ4v) is 3.36. The number of ether oxygens (including phenoxy) is 1. The predicted octanol–water partition coefficient (Wildman–Crippen LogP) is 3.09. The summed E-state index contributed by atoms with van der Waals surface area (Å²) in [6.07, 6.45) is 1.40. The number of rotatable bonds is 6. The number of nitrogens with zero attached hydrogens (tertiary/aromatic N) is 5. The van der Waals surface area contributed by atoms with Gasteiger partial charge in [0.1, 0.15) is 22.9 Å². The summed E-state index contributed by atoms with van der Waals surface area (Å²) >= 11 is 1.20. The second kappa shape index (κ2) is 8.23. The van der Waals surface area contributed by atoms with Gasteiger partial charge in [-0.15, -0.1) is 5.10 Å². The van der Waals surface area contributed by atoms with Gasteiger partial charge >= 0.3 is 0 Å². The Balaban J connectivity index is 1.51. The Morgan fingerprint density at radius 3 is 2.79 bits per heavy atom. The molecular formula is C19H15FN6O2S. The molecule has 4 rings (SSSR count). The molecule has 29 heavy (non-hydrogen) atoms. The van der Waals surface area contributed by atoms with E-state index in [9.17, 15) is 9.18 Å². The van der Waals surface area contributed by atoms with Gasteiger partial charge in [0.15, 0.2) is 11.2 Å². The van der Waals surface area contributed by atoms with Gasteiger partial charge in [0.25, 0.3) is 0 Å². The molecule has 2 aromatic heterocycles. The van der Waals surface area contributed by atoms with Crippen LogP contribution in [0.15, 0.2) is 59.9 Å². The third-order valence-electron chi connectivity index (χ3n) is 3.97. The summed E-state index contributed by atoms with van der Waals surface area (Å²) in [5, 5.41) is 11.5. The Bertz CT molecular complexity index is 1170. The zero-order chi connectivity index (χ0) is 20.2. The number of fused-ring (bicyclic) bond motifs is 1. The molecule has 146 valence electrons. The summed E-state index contributed by atoms with van der Waals surface area (Å²) in [6, 6.07) is 13.0. The number of carbonyl (C=O) groups is 1. The van der Waals surface area contributed by atoms with Crippen LogP contribution in [0, 0.1) is 5.82 Å². The number of carbonyl (C=O) groups excluding carboxylic acids is 1. The molecule has 0 aliphatic heterocycles. The smallest absolute Gasteiger partial charge is 0.234 e. The first-order chi connectivity index (χ1) is 14.1. The van der Waals surface area contributed by atoms with E-state index in [1.54, 1.807) is 17.9 Å². The maximum absolute atomic E-state index is 13.2. The fourth-order valence-electron chi connectivity index (χ4n) is 2.63. The van der Waals surface area contributed by atoms with Crippen LogP contribution in [0.5, 0.6) is 5.75 Å². The second-order valence-corrected chi connectivity index (χ2v) is 6.86. The molecule has 10 heteroatoms. The summed E-state index contributed by atoms with van der Waals surface area (Å²) in [6.45, 7) is 0. The number of anilines is 1. The predicted molar refractivity (Wildman–Crippen MR) is 107 cm³/mol. The van der Waals surface area contributed by atoms with E-state index in [-0.39, 0.29) is 11.7 Å². The molecule has 0 fully saturated rings. The highest BCUT2D eigenvalue weighted by Gasteiger charge is 2.15. The first kappa shape index (κ1) is 18.8. The van der Waals surface area contributed by atoms with Crippen LogP contribution >= 0.6 is 11.8 Å². The molecule has 0 aliphatic carbocycles. The van der Waals surface area contributed by atoms with Crippen LogP contribution in [-0.4, -0.2) is 43.7 Å². The molecule has 1 N–H and O–H groups in total. The molecule has 0 aliphatic rings. The molecule has 0 saturated carbocycles. The number of benzene rings is 2. The number of amides is 1. The van der Waals surface area contributed by atoms with Gasteiger partial charge in [0.05, 0.1) is 18.6 Å². The van der Waals surface area contributed by atoms with Gasteiger partial charge in [-0.1, -0.05) is 23.0 Å². The lowest BCUT2D eigenvalue weighted by Crippen LogP contribution is -2.14. The Morgan fingerprint density at radius 1 is 1.21 bits per heavy atom. The van der Waals surface area contributed by atoms with E-state index in [1.165, 1.54) is 36.3 Å². The highest BCUT2D eigenvalue weighted by Crippen LogP contribution is 2.25. The average molecular weight is 410 g/mol. The topological polar surface area (TPSA) is 94.8 Å². The van der Waals surface area contributed by atoms with Gasteiger partial charge in [-0.05, 0) is 42.5 Å². The molecular weight excluding hydrogens is 395 g/mol. The molecule has 0 unspecified atom stereocenters. The van der Waals surface area contributed by atoms with Crippen molar-refractivity contribution in [1.29, 1.82) is 0 Å². The van der Waals surface area contributed by atoms with Gasteiger partial charge in [-0.25, -0.2) is 14.4 Å². The molecule has 8 nitrogen and oxygen atoms in total. The lowest BCUT2D eigenvalue weighted by Gasteiger charge is -2.05. The monoisotopic (exact) mass is 410 g/mol.